The number of hydrogen-bond acceptors (Lipinski definition) is 2. The van der Waals surface area contributed by atoms with Gasteiger partial charge in [0.2, 0.25) is 0 Å². The molecule has 1 rings (SSSR count). The van der Waals surface area contributed by atoms with E-state index in [1.54, 1.807) is 0 Å². The quantitative estimate of drug-likeness (QED) is 0.642. The molecule has 1 aliphatic heterocycles. The third-order valence-corrected chi connectivity index (χ3v) is 1.64. The minimum absolute atomic E-state index is 0. The molecule has 0 amide bonds. The number of halogens is 1. The molecule has 0 radical (unpaired) electrons. The molecule has 1 fully saturated rings. The van der Waals surface area contributed by atoms with Crippen LogP contribution in [-0.4, -0.2) is 13.1 Å². The van der Waals surface area contributed by atoms with Crippen LogP contribution in [0.4, 0.5) is 0 Å². The third-order valence-electron chi connectivity index (χ3n) is 1.64. The number of nitrogens with zero attached hydrogens (tertiary/aromatic N) is 1. The second kappa shape index (κ2) is 3.37. The van der Waals surface area contributed by atoms with Gasteiger partial charge in [-0.1, -0.05) is 0 Å². The zero-order valence-corrected chi connectivity index (χ0v) is 7.81. The van der Waals surface area contributed by atoms with E-state index in [1.165, 1.54) is 0 Å². The number of hydrogen-bond donors (Lipinski definition) is 1. The lowest BCUT2D eigenvalue weighted by Crippen LogP contribution is -2.17. The summed E-state index contributed by atoms with van der Waals surface area (Å²) >= 11 is 0. The zero-order chi connectivity index (χ0) is 6.04. The number of nitriles is 1. The SMILES string of the molecule is C[C@]1(C#N)CCNC1.I. The first-order chi connectivity index (χ1) is 3.77. The Hall–Kier alpha value is 0.180. The maximum atomic E-state index is 8.54. The Morgan fingerprint density at radius 3 is 2.56 bits per heavy atom. The van der Waals surface area contributed by atoms with Gasteiger partial charge in [0.15, 0.2) is 0 Å². The molecule has 0 aromatic rings. The summed E-state index contributed by atoms with van der Waals surface area (Å²) in [5.41, 5.74) is -0.0694. The van der Waals surface area contributed by atoms with Crippen molar-refractivity contribution < 1.29 is 0 Å². The van der Waals surface area contributed by atoms with Crippen molar-refractivity contribution in [2.45, 2.75) is 13.3 Å². The second-order valence-corrected chi connectivity index (χ2v) is 2.60. The lowest BCUT2D eigenvalue weighted by Gasteiger charge is -2.08. The molecule has 52 valence electrons. The van der Waals surface area contributed by atoms with Crippen LogP contribution < -0.4 is 5.32 Å². The van der Waals surface area contributed by atoms with E-state index in [1.807, 2.05) is 6.92 Å². The van der Waals surface area contributed by atoms with Gasteiger partial charge in [0, 0.05) is 6.54 Å². The van der Waals surface area contributed by atoms with Crippen molar-refractivity contribution in [3.8, 4) is 6.07 Å². The van der Waals surface area contributed by atoms with E-state index in [0.717, 1.165) is 19.5 Å². The average molecular weight is 238 g/mol. The summed E-state index contributed by atoms with van der Waals surface area (Å²) in [6, 6.07) is 2.28. The van der Waals surface area contributed by atoms with Gasteiger partial charge in [0.1, 0.15) is 0 Å². The van der Waals surface area contributed by atoms with Gasteiger partial charge in [-0.25, -0.2) is 0 Å². The van der Waals surface area contributed by atoms with Crippen LogP contribution in [0, 0.1) is 16.7 Å². The fraction of sp³-hybridized carbons (Fsp3) is 0.833. The van der Waals surface area contributed by atoms with Gasteiger partial charge < -0.3 is 5.32 Å². The van der Waals surface area contributed by atoms with E-state index >= 15 is 0 Å². The van der Waals surface area contributed by atoms with Crippen LogP contribution in [-0.2, 0) is 0 Å². The second-order valence-electron chi connectivity index (χ2n) is 2.60. The van der Waals surface area contributed by atoms with Crippen molar-refractivity contribution >= 4 is 24.0 Å². The van der Waals surface area contributed by atoms with Crippen LogP contribution in [0.1, 0.15) is 13.3 Å². The zero-order valence-electron chi connectivity index (χ0n) is 5.48. The van der Waals surface area contributed by atoms with Crippen molar-refractivity contribution in [2.75, 3.05) is 13.1 Å². The molecule has 1 atom stereocenters. The summed E-state index contributed by atoms with van der Waals surface area (Å²) in [6.07, 6.45) is 1.00. The van der Waals surface area contributed by atoms with Crippen LogP contribution in [0.2, 0.25) is 0 Å². The standard InChI is InChI=1S/C6H10N2.HI/c1-6(4-7)2-3-8-5-6;/h8H,2-3,5H2,1H3;1H/t6-;/m1./s1. The van der Waals surface area contributed by atoms with E-state index in [9.17, 15) is 0 Å². The molecule has 2 nitrogen and oxygen atoms in total. The normalized spacial score (nSPS) is 32.9. The Morgan fingerprint density at radius 2 is 2.33 bits per heavy atom. The van der Waals surface area contributed by atoms with E-state index in [2.05, 4.69) is 11.4 Å². The molecule has 0 spiro atoms. The molecule has 1 saturated heterocycles. The Morgan fingerprint density at radius 1 is 1.67 bits per heavy atom. The van der Waals surface area contributed by atoms with Gasteiger partial charge in [0.05, 0.1) is 11.5 Å². The van der Waals surface area contributed by atoms with Crippen molar-refractivity contribution in [1.82, 2.24) is 5.32 Å². The topological polar surface area (TPSA) is 35.8 Å². The predicted octanol–water partition coefficient (Wildman–Crippen LogP) is 1.13. The fourth-order valence-electron chi connectivity index (χ4n) is 0.912. The Labute approximate surface area is 72.6 Å². The van der Waals surface area contributed by atoms with Gasteiger partial charge in [-0.05, 0) is 19.9 Å². The van der Waals surface area contributed by atoms with Crippen molar-refractivity contribution in [2.24, 2.45) is 5.41 Å². The molecule has 0 unspecified atom stereocenters. The highest BCUT2D eigenvalue weighted by atomic mass is 127. The summed E-state index contributed by atoms with van der Waals surface area (Å²) in [7, 11) is 0. The van der Waals surface area contributed by atoms with E-state index in [0.29, 0.717) is 0 Å². The smallest absolute Gasteiger partial charge is 0.0700 e. The molecule has 0 aliphatic carbocycles. The number of nitrogens with one attached hydrogen (secondary N) is 1. The highest BCUT2D eigenvalue weighted by Crippen LogP contribution is 2.21. The van der Waals surface area contributed by atoms with Crippen LogP contribution in [0.25, 0.3) is 0 Å². The first-order valence-corrected chi connectivity index (χ1v) is 2.89. The molecule has 1 aliphatic rings. The molecular formula is C6H11IN2. The molecule has 1 heterocycles. The first-order valence-electron chi connectivity index (χ1n) is 2.89. The van der Waals surface area contributed by atoms with Gasteiger partial charge in [0.25, 0.3) is 0 Å². The van der Waals surface area contributed by atoms with Crippen molar-refractivity contribution in [3.63, 3.8) is 0 Å². The summed E-state index contributed by atoms with van der Waals surface area (Å²) in [6.45, 7) is 3.86. The molecule has 0 bridgehead atoms. The number of rotatable bonds is 0. The van der Waals surface area contributed by atoms with Gasteiger partial charge in [-0.3, -0.25) is 0 Å². The van der Waals surface area contributed by atoms with Crippen LogP contribution >= 0.6 is 24.0 Å². The molecule has 0 saturated carbocycles. The van der Waals surface area contributed by atoms with E-state index in [-0.39, 0.29) is 29.4 Å². The molecular weight excluding hydrogens is 227 g/mol. The summed E-state index contributed by atoms with van der Waals surface area (Å²) in [4.78, 5) is 0. The van der Waals surface area contributed by atoms with Crippen LogP contribution in [0.15, 0.2) is 0 Å². The van der Waals surface area contributed by atoms with Gasteiger partial charge >= 0.3 is 0 Å². The monoisotopic (exact) mass is 238 g/mol. The maximum absolute atomic E-state index is 8.54. The lowest BCUT2D eigenvalue weighted by atomic mass is 9.92. The molecule has 0 aromatic heterocycles. The van der Waals surface area contributed by atoms with Crippen LogP contribution in [0.5, 0.6) is 0 Å². The van der Waals surface area contributed by atoms with Gasteiger partial charge in [-0.15, -0.1) is 24.0 Å². The minimum atomic E-state index is -0.0694. The van der Waals surface area contributed by atoms with Crippen LogP contribution in [0.3, 0.4) is 0 Å². The highest BCUT2D eigenvalue weighted by Gasteiger charge is 2.27. The molecule has 0 aromatic carbocycles. The lowest BCUT2D eigenvalue weighted by molar-refractivity contribution is 0.496. The largest absolute Gasteiger partial charge is 0.315 e. The van der Waals surface area contributed by atoms with E-state index in [4.69, 9.17) is 5.26 Å². The summed E-state index contributed by atoms with van der Waals surface area (Å²) in [5.74, 6) is 0. The predicted molar refractivity (Wildman–Crippen MR) is 46.6 cm³/mol. The Kier molecular flexibility index (Phi) is 3.44. The fourth-order valence-corrected chi connectivity index (χ4v) is 0.912. The van der Waals surface area contributed by atoms with Crippen molar-refractivity contribution in [1.29, 1.82) is 5.26 Å². The maximum Gasteiger partial charge on any atom is 0.0700 e. The highest BCUT2D eigenvalue weighted by molar-refractivity contribution is 14.0. The summed E-state index contributed by atoms with van der Waals surface area (Å²) < 4.78 is 0. The Balaban J connectivity index is 0.000000640. The third kappa shape index (κ3) is 2.11. The van der Waals surface area contributed by atoms with Crippen molar-refractivity contribution in [3.05, 3.63) is 0 Å². The molecule has 1 N–H and O–H groups in total. The van der Waals surface area contributed by atoms with Gasteiger partial charge in [-0.2, -0.15) is 5.26 Å². The minimum Gasteiger partial charge on any atom is -0.315 e. The molecule has 9 heavy (non-hydrogen) atoms. The van der Waals surface area contributed by atoms with E-state index < -0.39 is 0 Å². The molecule has 3 heteroatoms. The first kappa shape index (κ1) is 9.18. The average Bonchev–Trinajstić information content (AvgIpc) is 2.17. The Bertz CT molecular complexity index is 122. The summed E-state index contributed by atoms with van der Waals surface area (Å²) in [5, 5.41) is 11.7.